The Hall–Kier alpha value is -3.24. The molecular weight excluding hydrogens is 349 g/mol. The number of aromatic nitrogens is 6. The summed E-state index contributed by atoms with van der Waals surface area (Å²) >= 11 is 0. The van der Waals surface area contributed by atoms with Crippen molar-refractivity contribution in [1.82, 2.24) is 29.9 Å². The molecule has 11 heteroatoms. The summed E-state index contributed by atoms with van der Waals surface area (Å²) in [4.78, 5) is 7.62. The Morgan fingerprint density at radius 2 is 2.04 bits per heavy atom. The number of rotatable bonds is 5. The van der Waals surface area contributed by atoms with Crippen LogP contribution in [0.25, 0.3) is 0 Å². The topological polar surface area (TPSA) is 93.4 Å². The average molecular weight is 364 g/mol. The fourth-order valence-corrected chi connectivity index (χ4v) is 2.26. The van der Waals surface area contributed by atoms with Gasteiger partial charge in [-0.1, -0.05) is 0 Å². The van der Waals surface area contributed by atoms with Crippen LogP contribution in [0.1, 0.15) is 17.0 Å². The molecule has 0 radical (unpaired) electrons. The third-order valence-electron chi connectivity index (χ3n) is 3.62. The van der Waals surface area contributed by atoms with Crippen molar-refractivity contribution in [2.75, 3.05) is 17.7 Å². The van der Waals surface area contributed by atoms with Crippen LogP contribution in [0.5, 0.6) is 0 Å². The van der Waals surface area contributed by atoms with Crippen molar-refractivity contribution >= 4 is 17.5 Å². The molecule has 0 fully saturated rings. The van der Waals surface area contributed by atoms with Gasteiger partial charge in [-0.15, -0.1) is 0 Å². The first-order chi connectivity index (χ1) is 12.4. The lowest BCUT2D eigenvalue weighted by atomic mass is 10.3. The lowest BCUT2D eigenvalue weighted by molar-refractivity contribution is -0.137. The van der Waals surface area contributed by atoms with Crippen LogP contribution in [0.3, 0.4) is 0 Å². The molecule has 0 atom stereocenters. The minimum Gasteiger partial charge on any atom is -0.372 e. The molecule has 0 unspecified atom stereocenters. The van der Waals surface area contributed by atoms with Crippen molar-refractivity contribution in [3.05, 3.63) is 47.7 Å². The van der Waals surface area contributed by atoms with E-state index in [-0.39, 0.29) is 11.8 Å². The first-order valence-electron chi connectivity index (χ1n) is 7.56. The lowest BCUT2D eigenvalue weighted by Crippen LogP contribution is -2.12. The van der Waals surface area contributed by atoms with E-state index in [9.17, 15) is 13.2 Å². The van der Waals surface area contributed by atoms with E-state index in [0.717, 1.165) is 17.6 Å². The van der Waals surface area contributed by atoms with Crippen molar-refractivity contribution in [3.8, 4) is 0 Å². The molecule has 2 N–H and O–H groups in total. The standard InChI is InChI=1S/C15H15F3N8/c1-9-12(7-22-26(9)8-10-4-3-5-21-25-10)23-14-20-6-11(15(16,17)18)13(19-2)24-14/h3-7H,8H2,1-2H3,(H2,19,20,23,24). The minimum absolute atomic E-state index is 0.0319. The second-order valence-electron chi connectivity index (χ2n) is 5.34. The number of alkyl halides is 3. The van der Waals surface area contributed by atoms with Crippen molar-refractivity contribution in [1.29, 1.82) is 0 Å². The Kier molecular flexibility index (Phi) is 4.69. The van der Waals surface area contributed by atoms with Gasteiger partial charge in [0.2, 0.25) is 5.95 Å². The predicted molar refractivity (Wildman–Crippen MR) is 88.0 cm³/mol. The van der Waals surface area contributed by atoms with Gasteiger partial charge in [0.05, 0.1) is 29.8 Å². The monoisotopic (exact) mass is 364 g/mol. The smallest absolute Gasteiger partial charge is 0.372 e. The zero-order valence-electron chi connectivity index (χ0n) is 13.9. The maximum atomic E-state index is 12.9. The molecule has 3 rings (SSSR count). The van der Waals surface area contributed by atoms with E-state index in [1.165, 1.54) is 7.05 Å². The van der Waals surface area contributed by atoms with E-state index in [1.807, 2.05) is 13.0 Å². The van der Waals surface area contributed by atoms with Gasteiger partial charge in [0.25, 0.3) is 0 Å². The number of anilines is 3. The summed E-state index contributed by atoms with van der Waals surface area (Å²) in [5.41, 5.74) is 1.13. The minimum atomic E-state index is -4.53. The van der Waals surface area contributed by atoms with Crippen LogP contribution < -0.4 is 10.6 Å². The third kappa shape index (κ3) is 3.71. The van der Waals surface area contributed by atoms with Crippen LogP contribution >= 0.6 is 0 Å². The van der Waals surface area contributed by atoms with Crippen LogP contribution in [0, 0.1) is 6.92 Å². The van der Waals surface area contributed by atoms with Crippen LogP contribution in [0.2, 0.25) is 0 Å². The van der Waals surface area contributed by atoms with Gasteiger partial charge in [-0.2, -0.15) is 33.5 Å². The molecule has 0 spiro atoms. The average Bonchev–Trinajstić information content (AvgIpc) is 2.95. The number of hydrogen-bond acceptors (Lipinski definition) is 7. The van der Waals surface area contributed by atoms with E-state index < -0.39 is 11.7 Å². The van der Waals surface area contributed by atoms with Crippen molar-refractivity contribution in [2.24, 2.45) is 0 Å². The molecule has 0 aliphatic carbocycles. The lowest BCUT2D eigenvalue weighted by Gasteiger charge is -2.12. The molecule has 0 aliphatic heterocycles. The summed E-state index contributed by atoms with van der Waals surface area (Å²) in [6, 6.07) is 3.59. The number of nitrogens with one attached hydrogen (secondary N) is 2. The highest BCUT2D eigenvalue weighted by atomic mass is 19.4. The highest BCUT2D eigenvalue weighted by Crippen LogP contribution is 2.33. The molecule has 26 heavy (non-hydrogen) atoms. The molecule has 136 valence electrons. The van der Waals surface area contributed by atoms with Crippen molar-refractivity contribution in [3.63, 3.8) is 0 Å². The van der Waals surface area contributed by atoms with Gasteiger partial charge in [0.15, 0.2) is 0 Å². The van der Waals surface area contributed by atoms with Crippen LogP contribution in [-0.4, -0.2) is 37.0 Å². The summed E-state index contributed by atoms with van der Waals surface area (Å²) in [6.07, 6.45) is -0.672. The molecule has 8 nitrogen and oxygen atoms in total. The molecule has 3 aromatic rings. The van der Waals surface area contributed by atoms with Gasteiger partial charge in [-0.25, -0.2) is 4.98 Å². The maximum absolute atomic E-state index is 12.9. The highest BCUT2D eigenvalue weighted by Gasteiger charge is 2.35. The summed E-state index contributed by atoms with van der Waals surface area (Å²) < 4.78 is 40.4. The van der Waals surface area contributed by atoms with Gasteiger partial charge >= 0.3 is 6.18 Å². The van der Waals surface area contributed by atoms with Gasteiger partial charge in [-0.3, -0.25) is 4.68 Å². The molecule has 3 heterocycles. The largest absolute Gasteiger partial charge is 0.421 e. The quantitative estimate of drug-likeness (QED) is 0.719. The summed E-state index contributed by atoms with van der Waals surface area (Å²) in [5.74, 6) is -0.274. The second kappa shape index (κ2) is 6.94. The number of nitrogens with zero attached hydrogens (tertiary/aromatic N) is 6. The second-order valence-corrected chi connectivity index (χ2v) is 5.34. The van der Waals surface area contributed by atoms with Gasteiger partial charge < -0.3 is 10.6 Å². The number of hydrogen-bond donors (Lipinski definition) is 2. The summed E-state index contributed by atoms with van der Waals surface area (Å²) in [6.45, 7) is 2.23. The molecule has 0 saturated carbocycles. The third-order valence-corrected chi connectivity index (χ3v) is 3.62. The van der Waals surface area contributed by atoms with Crippen LogP contribution in [-0.2, 0) is 12.7 Å². The van der Waals surface area contributed by atoms with Gasteiger partial charge in [0.1, 0.15) is 11.4 Å². The molecular formula is C15H15F3N8. The van der Waals surface area contributed by atoms with Crippen molar-refractivity contribution in [2.45, 2.75) is 19.6 Å². The van der Waals surface area contributed by atoms with Crippen LogP contribution in [0.4, 0.5) is 30.6 Å². The first kappa shape index (κ1) is 17.6. The van der Waals surface area contributed by atoms with E-state index in [4.69, 9.17) is 0 Å². The molecule has 0 bridgehead atoms. The highest BCUT2D eigenvalue weighted by molar-refractivity contribution is 5.58. The fourth-order valence-electron chi connectivity index (χ4n) is 2.26. The Morgan fingerprint density at radius 3 is 2.69 bits per heavy atom. The van der Waals surface area contributed by atoms with E-state index >= 15 is 0 Å². The normalized spacial score (nSPS) is 11.4. The Labute approximate surface area is 146 Å². The van der Waals surface area contributed by atoms with E-state index in [2.05, 4.69) is 35.9 Å². The van der Waals surface area contributed by atoms with Crippen molar-refractivity contribution < 1.29 is 13.2 Å². The molecule has 3 aromatic heterocycles. The molecule has 0 aromatic carbocycles. The molecule has 0 aliphatic rings. The zero-order chi connectivity index (χ0) is 18.7. The Morgan fingerprint density at radius 1 is 1.23 bits per heavy atom. The first-order valence-corrected chi connectivity index (χ1v) is 7.56. The molecule has 0 saturated heterocycles. The molecule has 0 amide bonds. The Balaban J connectivity index is 1.81. The van der Waals surface area contributed by atoms with E-state index in [1.54, 1.807) is 23.1 Å². The van der Waals surface area contributed by atoms with Gasteiger partial charge in [-0.05, 0) is 19.1 Å². The SMILES string of the molecule is CNc1nc(Nc2cnn(Cc3cccnn3)c2C)ncc1C(F)(F)F. The zero-order valence-corrected chi connectivity index (χ0v) is 13.9. The Bertz CT molecular complexity index is 892. The van der Waals surface area contributed by atoms with Gasteiger partial charge in [0, 0.05) is 19.4 Å². The number of halogens is 3. The predicted octanol–water partition coefficient (Wildman–Crippen LogP) is 2.62. The summed E-state index contributed by atoms with van der Waals surface area (Å²) in [7, 11) is 1.37. The van der Waals surface area contributed by atoms with Crippen LogP contribution in [0.15, 0.2) is 30.7 Å². The fraction of sp³-hybridized carbons (Fsp3) is 0.267. The summed E-state index contributed by atoms with van der Waals surface area (Å²) in [5, 5.41) is 17.4. The maximum Gasteiger partial charge on any atom is 0.421 e. The van der Waals surface area contributed by atoms with E-state index in [0.29, 0.717) is 12.2 Å².